The quantitative estimate of drug-likeness (QED) is 0.929. The minimum atomic E-state index is -0.480. The summed E-state index contributed by atoms with van der Waals surface area (Å²) >= 11 is 0. The van der Waals surface area contributed by atoms with Crippen molar-refractivity contribution in [2.24, 2.45) is 0 Å². The molecule has 5 nitrogen and oxygen atoms in total. The van der Waals surface area contributed by atoms with Gasteiger partial charge in [0, 0.05) is 18.2 Å². The van der Waals surface area contributed by atoms with Crippen LogP contribution in [0.1, 0.15) is 19.0 Å². The van der Waals surface area contributed by atoms with E-state index in [0.29, 0.717) is 23.4 Å². The van der Waals surface area contributed by atoms with Gasteiger partial charge < -0.3 is 5.32 Å². The smallest absolute Gasteiger partial charge is 0.224 e. The second-order valence-electron chi connectivity index (χ2n) is 4.00. The van der Waals surface area contributed by atoms with E-state index in [4.69, 9.17) is 5.26 Å². The van der Waals surface area contributed by atoms with Crippen LogP contribution in [-0.4, -0.2) is 15.9 Å². The van der Waals surface area contributed by atoms with Crippen LogP contribution in [0.3, 0.4) is 0 Å². The molecule has 0 atom stereocenters. The van der Waals surface area contributed by atoms with E-state index in [2.05, 4.69) is 15.3 Å². The Morgan fingerprint density at radius 3 is 2.90 bits per heavy atom. The molecule has 2 aromatic heterocycles. The molecular weight excluding hydrogens is 259 g/mol. The number of halogens is 1. The van der Waals surface area contributed by atoms with E-state index >= 15 is 0 Å². The Kier molecular flexibility index (Phi) is 4.01. The number of nitrogens with one attached hydrogen (secondary N) is 1. The fraction of sp³-hybridized carbons (Fsp3) is 0.143. The predicted octanol–water partition coefficient (Wildman–Crippen LogP) is 2.50. The Labute approximate surface area is 115 Å². The Morgan fingerprint density at radius 2 is 2.25 bits per heavy atom. The average Bonchev–Trinajstić information content (AvgIpc) is 2.47. The van der Waals surface area contributed by atoms with Gasteiger partial charge in [0.05, 0.1) is 17.6 Å². The molecule has 1 N–H and O–H groups in total. The molecule has 0 aromatic carbocycles. The largest absolute Gasteiger partial charge is 0.324 e. The first-order valence-electron chi connectivity index (χ1n) is 5.96. The van der Waals surface area contributed by atoms with Gasteiger partial charge in [-0.1, -0.05) is 6.92 Å². The minimum Gasteiger partial charge on any atom is -0.324 e. The van der Waals surface area contributed by atoms with Crippen molar-refractivity contribution in [3.05, 3.63) is 42.1 Å². The fourth-order valence-electron chi connectivity index (χ4n) is 1.60. The van der Waals surface area contributed by atoms with E-state index in [1.807, 2.05) is 6.07 Å². The Bertz CT molecular complexity index is 694. The summed E-state index contributed by atoms with van der Waals surface area (Å²) in [7, 11) is 0. The highest BCUT2D eigenvalue weighted by Gasteiger charge is 2.09. The Morgan fingerprint density at radius 1 is 1.45 bits per heavy atom. The number of carbonyl (C=O) groups is 1. The molecule has 0 radical (unpaired) electrons. The van der Waals surface area contributed by atoms with E-state index < -0.39 is 5.82 Å². The molecule has 0 aliphatic heterocycles. The molecule has 2 aromatic rings. The standard InChI is InChI=1S/C14H11FN4O/c1-2-14(20)19-12-4-3-11(18-13(12)6-16)9-5-10(15)8-17-7-9/h3-5,7-8H,2H2,1H3,(H,19,20). The highest BCUT2D eigenvalue weighted by molar-refractivity contribution is 5.91. The third-order valence-corrected chi connectivity index (χ3v) is 2.60. The van der Waals surface area contributed by atoms with Crippen molar-refractivity contribution in [3.63, 3.8) is 0 Å². The van der Waals surface area contributed by atoms with Gasteiger partial charge in [-0.2, -0.15) is 5.26 Å². The van der Waals surface area contributed by atoms with Crippen molar-refractivity contribution >= 4 is 11.6 Å². The lowest BCUT2D eigenvalue weighted by Gasteiger charge is -2.07. The molecular formula is C14H11FN4O. The molecule has 0 bridgehead atoms. The summed E-state index contributed by atoms with van der Waals surface area (Å²) in [6.07, 6.45) is 2.85. The highest BCUT2D eigenvalue weighted by Crippen LogP contribution is 2.21. The first-order chi connectivity index (χ1) is 9.63. The van der Waals surface area contributed by atoms with E-state index in [9.17, 15) is 9.18 Å². The van der Waals surface area contributed by atoms with E-state index in [1.54, 1.807) is 19.1 Å². The lowest BCUT2D eigenvalue weighted by atomic mass is 10.1. The number of pyridine rings is 2. The molecule has 0 unspecified atom stereocenters. The van der Waals surface area contributed by atoms with Crippen LogP contribution in [0.2, 0.25) is 0 Å². The summed E-state index contributed by atoms with van der Waals surface area (Å²) in [6, 6.07) is 6.36. The number of hydrogen-bond acceptors (Lipinski definition) is 4. The van der Waals surface area contributed by atoms with Crippen LogP contribution in [0.4, 0.5) is 10.1 Å². The number of carbonyl (C=O) groups excluding carboxylic acids is 1. The monoisotopic (exact) mass is 270 g/mol. The zero-order valence-electron chi connectivity index (χ0n) is 10.7. The minimum absolute atomic E-state index is 0.0774. The summed E-state index contributed by atoms with van der Waals surface area (Å²) < 4.78 is 13.1. The number of amides is 1. The van der Waals surface area contributed by atoms with Crippen LogP contribution >= 0.6 is 0 Å². The summed E-state index contributed by atoms with van der Waals surface area (Å²) in [5.74, 6) is -0.686. The predicted molar refractivity (Wildman–Crippen MR) is 71.1 cm³/mol. The molecule has 0 saturated carbocycles. The number of aromatic nitrogens is 2. The Hall–Kier alpha value is -2.81. The fourth-order valence-corrected chi connectivity index (χ4v) is 1.60. The summed E-state index contributed by atoms with van der Waals surface area (Å²) in [5.41, 5.74) is 1.30. The number of nitriles is 1. The lowest BCUT2D eigenvalue weighted by Crippen LogP contribution is -2.11. The topological polar surface area (TPSA) is 78.7 Å². The van der Waals surface area contributed by atoms with Crippen molar-refractivity contribution < 1.29 is 9.18 Å². The molecule has 20 heavy (non-hydrogen) atoms. The third-order valence-electron chi connectivity index (χ3n) is 2.60. The van der Waals surface area contributed by atoms with Gasteiger partial charge in [0.15, 0.2) is 5.69 Å². The Balaban J connectivity index is 2.39. The second-order valence-corrected chi connectivity index (χ2v) is 4.00. The number of rotatable bonds is 3. The van der Waals surface area contributed by atoms with Crippen LogP contribution in [0.5, 0.6) is 0 Å². The number of hydrogen-bond donors (Lipinski definition) is 1. The molecule has 0 aliphatic rings. The first kappa shape index (κ1) is 13.6. The SMILES string of the molecule is CCC(=O)Nc1ccc(-c2cncc(F)c2)nc1C#N. The number of anilines is 1. The first-order valence-corrected chi connectivity index (χ1v) is 5.96. The van der Waals surface area contributed by atoms with Crippen molar-refractivity contribution in [2.45, 2.75) is 13.3 Å². The van der Waals surface area contributed by atoms with Gasteiger partial charge in [-0.3, -0.25) is 9.78 Å². The van der Waals surface area contributed by atoms with Crippen LogP contribution in [0, 0.1) is 17.1 Å². The summed E-state index contributed by atoms with van der Waals surface area (Å²) in [4.78, 5) is 19.2. The van der Waals surface area contributed by atoms with Crippen LogP contribution in [0.25, 0.3) is 11.3 Å². The van der Waals surface area contributed by atoms with Gasteiger partial charge in [0.2, 0.25) is 5.91 Å². The molecule has 0 fully saturated rings. The summed E-state index contributed by atoms with van der Waals surface area (Å²) in [5, 5.41) is 11.7. The zero-order valence-corrected chi connectivity index (χ0v) is 10.7. The van der Waals surface area contributed by atoms with Gasteiger partial charge in [-0.25, -0.2) is 9.37 Å². The van der Waals surface area contributed by atoms with Gasteiger partial charge in [-0.05, 0) is 18.2 Å². The van der Waals surface area contributed by atoms with Crippen molar-refractivity contribution in [1.82, 2.24) is 9.97 Å². The van der Waals surface area contributed by atoms with Gasteiger partial charge in [-0.15, -0.1) is 0 Å². The van der Waals surface area contributed by atoms with E-state index in [-0.39, 0.29) is 11.6 Å². The molecule has 0 saturated heterocycles. The maximum Gasteiger partial charge on any atom is 0.224 e. The molecule has 2 rings (SSSR count). The molecule has 100 valence electrons. The van der Waals surface area contributed by atoms with E-state index in [1.165, 1.54) is 12.3 Å². The lowest BCUT2D eigenvalue weighted by molar-refractivity contribution is -0.115. The number of nitrogens with zero attached hydrogens (tertiary/aromatic N) is 3. The van der Waals surface area contributed by atoms with Crippen molar-refractivity contribution in [1.29, 1.82) is 5.26 Å². The molecule has 0 aliphatic carbocycles. The normalized spacial score (nSPS) is 9.85. The van der Waals surface area contributed by atoms with Gasteiger partial charge >= 0.3 is 0 Å². The maximum atomic E-state index is 13.1. The van der Waals surface area contributed by atoms with Crippen molar-refractivity contribution in [2.75, 3.05) is 5.32 Å². The molecule has 1 amide bonds. The van der Waals surface area contributed by atoms with Gasteiger partial charge in [0.1, 0.15) is 11.9 Å². The zero-order chi connectivity index (χ0) is 14.5. The summed E-state index contributed by atoms with van der Waals surface area (Å²) in [6.45, 7) is 1.71. The average molecular weight is 270 g/mol. The maximum absolute atomic E-state index is 13.1. The van der Waals surface area contributed by atoms with Crippen LogP contribution < -0.4 is 5.32 Å². The molecule has 0 spiro atoms. The van der Waals surface area contributed by atoms with E-state index in [0.717, 1.165) is 6.20 Å². The third kappa shape index (κ3) is 2.95. The second kappa shape index (κ2) is 5.89. The van der Waals surface area contributed by atoms with Crippen molar-refractivity contribution in [3.8, 4) is 17.3 Å². The van der Waals surface area contributed by atoms with Gasteiger partial charge in [0.25, 0.3) is 0 Å². The molecule has 2 heterocycles. The van der Waals surface area contributed by atoms with Crippen LogP contribution in [-0.2, 0) is 4.79 Å². The highest BCUT2D eigenvalue weighted by atomic mass is 19.1. The van der Waals surface area contributed by atoms with Crippen LogP contribution in [0.15, 0.2) is 30.6 Å². The molecule has 6 heteroatoms.